The summed E-state index contributed by atoms with van der Waals surface area (Å²) in [6, 6.07) is 10.2. The number of carbonyl (C=O) groups excluding carboxylic acids is 1. The predicted octanol–water partition coefficient (Wildman–Crippen LogP) is 2.41. The first-order valence-corrected chi connectivity index (χ1v) is 9.45. The highest BCUT2D eigenvalue weighted by atomic mass is 16.2. The highest BCUT2D eigenvalue weighted by Gasteiger charge is 2.17. The molecule has 0 radical (unpaired) electrons. The van der Waals surface area contributed by atoms with Gasteiger partial charge in [-0.15, -0.1) is 0 Å². The smallest absolute Gasteiger partial charge is 0.240 e. The van der Waals surface area contributed by atoms with Crippen LogP contribution in [0.4, 0.5) is 0 Å². The number of hydrogen-bond donors (Lipinski definition) is 2. The number of hydrogen-bond acceptors (Lipinski definition) is 3. The summed E-state index contributed by atoms with van der Waals surface area (Å²) in [6.45, 7) is 10.7. The fourth-order valence-corrected chi connectivity index (χ4v) is 3.05. The molecule has 2 aromatic rings. The number of aromatic nitrogens is 2. The van der Waals surface area contributed by atoms with Gasteiger partial charge in [-0.3, -0.25) is 9.79 Å². The summed E-state index contributed by atoms with van der Waals surface area (Å²) in [7, 11) is 3.57. The molecule has 0 aliphatic heterocycles. The molecule has 1 aromatic heterocycles. The molecule has 0 unspecified atom stereocenters. The monoisotopic (exact) mass is 384 g/mol. The van der Waals surface area contributed by atoms with E-state index >= 15 is 0 Å². The average Bonchev–Trinajstić information content (AvgIpc) is 2.92. The summed E-state index contributed by atoms with van der Waals surface area (Å²) >= 11 is 0. The number of likely N-dealkylation sites (N-methyl/N-ethyl adjacent to an activating group) is 1. The molecule has 28 heavy (non-hydrogen) atoms. The third-order valence-corrected chi connectivity index (χ3v) is 4.13. The van der Waals surface area contributed by atoms with E-state index in [0.717, 1.165) is 22.6 Å². The number of aryl methyl sites for hydroxylation is 2. The molecule has 0 aliphatic rings. The van der Waals surface area contributed by atoms with Crippen LogP contribution in [0.3, 0.4) is 0 Å². The maximum Gasteiger partial charge on any atom is 0.240 e. The van der Waals surface area contributed by atoms with Gasteiger partial charge in [0.25, 0.3) is 0 Å². The third kappa shape index (κ3) is 5.84. The van der Waals surface area contributed by atoms with Crippen LogP contribution in [0.5, 0.6) is 0 Å². The largest absolute Gasteiger partial charge is 0.352 e. The SMILES string of the molecule is CN=C(NCc1ccccc1-n1nc(C)cc1C)N(C)CC(=O)NC(C)(C)C. The molecule has 7 nitrogen and oxygen atoms in total. The first-order chi connectivity index (χ1) is 13.1. The lowest BCUT2D eigenvalue weighted by Gasteiger charge is -2.25. The fourth-order valence-electron chi connectivity index (χ4n) is 3.05. The zero-order valence-electron chi connectivity index (χ0n) is 18.0. The van der Waals surface area contributed by atoms with Crippen LogP contribution >= 0.6 is 0 Å². The minimum absolute atomic E-state index is 0.0407. The molecule has 2 N–H and O–H groups in total. The highest BCUT2D eigenvalue weighted by Crippen LogP contribution is 2.17. The molecule has 1 aromatic carbocycles. The van der Waals surface area contributed by atoms with E-state index < -0.39 is 0 Å². The summed E-state index contributed by atoms with van der Waals surface area (Å²) < 4.78 is 1.95. The van der Waals surface area contributed by atoms with Crippen molar-refractivity contribution in [2.75, 3.05) is 20.6 Å². The Hall–Kier alpha value is -2.83. The number of guanidine groups is 1. The Kier molecular flexibility index (Phi) is 6.83. The van der Waals surface area contributed by atoms with Crippen LogP contribution in [0.1, 0.15) is 37.7 Å². The lowest BCUT2D eigenvalue weighted by Crippen LogP contribution is -2.48. The maximum absolute atomic E-state index is 12.2. The van der Waals surface area contributed by atoms with E-state index in [1.54, 1.807) is 7.05 Å². The first-order valence-electron chi connectivity index (χ1n) is 9.45. The standard InChI is InChI=1S/C21H32N6O/c1-15-12-16(2)27(25-15)18-11-9-8-10-17(18)13-23-20(22-6)26(7)14-19(28)24-21(3,4)5/h8-12H,13-14H2,1-7H3,(H,22,23)(H,24,28). The molecule has 0 spiro atoms. The van der Waals surface area contributed by atoms with E-state index in [2.05, 4.69) is 38.9 Å². The van der Waals surface area contributed by atoms with Crippen molar-refractivity contribution in [1.29, 1.82) is 0 Å². The topological polar surface area (TPSA) is 74.5 Å². The van der Waals surface area contributed by atoms with Crippen LogP contribution in [-0.4, -0.2) is 52.7 Å². The molecule has 1 amide bonds. The van der Waals surface area contributed by atoms with Crippen LogP contribution < -0.4 is 10.6 Å². The molecule has 0 saturated heterocycles. The first kappa shape index (κ1) is 21.5. The number of carbonyl (C=O) groups is 1. The van der Waals surface area contributed by atoms with Gasteiger partial charge in [-0.1, -0.05) is 18.2 Å². The summed E-state index contributed by atoms with van der Waals surface area (Å²) in [6.07, 6.45) is 0. The van der Waals surface area contributed by atoms with E-state index in [9.17, 15) is 4.79 Å². The van der Waals surface area contributed by atoms with Crippen LogP contribution in [0.25, 0.3) is 5.69 Å². The molecule has 152 valence electrons. The Morgan fingerprint density at radius 1 is 1.25 bits per heavy atom. The number of rotatable bonds is 5. The number of aliphatic imine (C=N–C) groups is 1. The molecular formula is C21H32N6O. The van der Waals surface area contributed by atoms with Crippen molar-refractivity contribution < 1.29 is 4.79 Å². The van der Waals surface area contributed by atoms with E-state index in [1.165, 1.54) is 0 Å². The third-order valence-electron chi connectivity index (χ3n) is 4.13. The van der Waals surface area contributed by atoms with Gasteiger partial charge in [0.2, 0.25) is 5.91 Å². The van der Waals surface area contributed by atoms with Crippen molar-refractivity contribution in [1.82, 2.24) is 25.3 Å². The lowest BCUT2D eigenvalue weighted by atomic mass is 10.1. The number of nitrogens with one attached hydrogen (secondary N) is 2. The molecule has 2 rings (SSSR count). The Morgan fingerprint density at radius 2 is 1.93 bits per heavy atom. The van der Waals surface area contributed by atoms with Crippen molar-refractivity contribution in [2.45, 2.75) is 46.7 Å². The van der Waals surface area contributed by atoms with Gasteiger partial charge in [0.1, 0.15) is 0 Å². The Balaban J connectivity index is 2.08. The van der Waals surface area contributed by atoms with Crippen molar-refractivity contribution in [2.24, 2.45) is 4.99 Å². The average molecular weight is 385 g/mol. The minimum atomic E-state index is -0.256. The zero-order valence-corrected chi connectivity index (χ0v) is 18.0. The van der Waals surface area contributed by atoms with Crippen LogP contribution in [-0.2, 0) is 11.3 Å². The van der Waals surface area contributed by atoms with Gasteiger partial charge in [-0.05, 0) is 52.3 Å². The molecule has 0 saturated carbocycles. The lowest BCUT2D eigenvalue weighted by molar-refractivity contribution is -0.122. The van der Waals surface area contributed by atoms with E-state index in [0.29, 0.717) is 12.5 Å². The second-order valence-electron chi connectivity index (χ2n) is 8.02. The van der Waals surface area contributed by atoms with Crippen LogP contribution in [0, 0.1) is 13.8 Å². The van der Waals surface area contributed by atoms with Gasteiger partial charge < -0.3 is 15.5 Å². The zero-order chi connectivity index (χ0) is 20.9. The molecular weight excluding hydrogens is 352 g/mol. The number of para-hydroxylation sites is 1. The minimum Gasteiger partial charge on any atom is -0.352 e. The Labute approximate surface area is 167 Å². The summed E-state index contributed by atoms with van der Waals surface area (Å²) in [4.78, 5) is 18.3. The summed E-state index contributed by atoms with van der Waals surface area (Å²) in [5.74, 6) is 0.619. The van der Waals surface area contributed by atoms with Gasteiger partial charge in [-0.2, -0.15) is 5.10 Å². The van der Waals surface area contributed by atoms with Crippen LogP contribution in [0.2, 0.25) is 0 Å². The molecule has 0 fully saturated rings. The van der Waals surface area contributed by atoms with Crippen LogP contribution in [0.15, 0.2) is 35.3 Å². The number of amides is 1. The second kappa shape index (κ2) is 8.91. The number of benzene rings is 1. The normalized spacial score (nSPS) is 12.0. The van der Waals surface area contributed by atoms with Gasteiger partial charge in [-0.25, -0.2) is 4.68 Å². The Morgan fingerprint density at radius 3 is 2.50 bits per heavy atom. The predicted molar refractivity (Wildman–Crippen MR) is 114 cm³/mol. The van der Waals surface area contributed by atoms with E-state index in [-0.39, 0.29) is 18.0 Å². The molecule has 1 heterocycles. The maximum atomic E-state index is 12.2. The van der Waals surface area contributed by atoms with Gasteiger partial charge >= 0.3 is 0 Å². The van der Waals surface area contributed by atoms with Gasteiger partial charge in [0, 0.05) is 31.9 Å². The quantitative estimate of drug-likeness (QED) is 0.613. The van der Waals surface area contributed by atoms with E-state index in [1.807, 2.05) is 63.4 Å². The molecule has 0 bridgehead atoms. The van der Waals surface area contributed by atoms with Gasteiger partial charge in [0.15, 0.2) is 5.96 Å². The van der Waals surface area contributed by atoms with E-state index in [4.69, 9.17) is 0 Å². The number of nitrogens with zero attached hydrogens (tertiary/aromatic N) is 4. The van der Waals surface area contributed by atoms with Gasteiger partial charge in [0.05, 0.1) is 17.9 Å². The van der Waals surface area contributed by atoms with Crippen molar-refractivity contribution in [3.05, 3.63) is 47.3 Å². The molecule has 0 atom stereocenters. The molecule has 7 heteroatoms. The Bertz CT molecular complexity index is 847. The van der Waals surface area contributed by atoms with Crippen molar-refractivity contribution in [3.63, 3.8) is 0 Å². The highest BCUT2D eigenvalue weighted by molar-refractivity contribution is 5.86. The molecule has 0 aliphatic carbocycles. The summed E-state index contributed by atoms with van der Waals surface area (Å²) in [5.41, 5.74) is 3.95. The summed E-state index contributed by atoms with van der Waals surface area (Å²) in [5, 5.41) is 10.9. The second-order valence-corrected chi connectivity index (χ2v) is 8.02. The van der Waals surface area contributed by atoms with Crippen molar-refractivity contribution >= 4 is 11.9 Å². The fraction of sp³-hybridized carbons (Fsp3) is 0.476. The van der Waals surface area contributed by atoms with Crippen molar-refractivity contribution in [3.8, 4) is 5.69 Å².